The summed E-state index contributed by atoms with van der Waals surface area (Å²) in [5.41, 5.74) is 7.55. The molecule has 0 heterocycles. The first kappa shape index (κ1) is 15.3. The zero-order valence-corrected chi connectivity index (χ0v) is 13.2. The van der Waals surface area contributed by atoms with Crippen molar-refractivity contribution in [3.05, 3.63) is 62.8 Å². The lowest BCUT2D eigenvalue weighted by atomic mass is 10.1. The van der Waals surface area contributed by atoms with E-state index in [9.17, 15) is 4.39 Å². The van der Waals surface area contributed by atoms with E-state index in [1.165, 1.54) is 12.1 Å². The lowest BCUT2D eigenvalue weighted by molar-refractivity contribution is 0.301. The molecule has 20 heavy (non-hydrogen) atoms. The second kappa shape index (κ2) is 6.57. The fraction of sp³-hybridized carbons (Fsp3) is 0.200. The molecule has 0 unspecified atom stereocenters. The summed E-state index contributed by atoms with van der Waals surface area (Å²) in [6, 6.07) is 9.75. The van der Waals surface area contributed by atoms with Gasteiger partial charge in [0.15, 0.2) is 0 Å². The van der Waals surface area contributed by atoms with Crippen LogP contribution in [0, 0.1) is 5.82 Å². The maximum absolute atomic E-state index is 13.0. The third-order valence-corrected chi connectivity index (χ3v) is 3.71. The molecule has 0 saturated heterocycles. The Balaban J connectivity index is 2.18. The van der Waals surface area contributed by atoms with Crippen LogP contribution in [0.1, 0.15) is 24.1 Å². The number of benzene rings is 2. The van der Waals surface area contributed by atoms with Crippen LogP contribution in [0.4, 0.5) is 4.39 Å². The summed E-state index contributed by atoms with van der Waals surface area (Å²) in [7, 11) is 0. The fourth-order valence-electron chi connectivity index (χ4n) is 1.80. The van der Waals surface area contributed by atoms with Crippen LogP contribution in [0.3, 0.4) is 0 Å². The molecule has 0 aliphatic carbocycles. The Kier molecular flexibility index (Phi) is 5.02. The molecule has 0 bridgehead atoms. The number of hydrogen-bond acceptors (Lipinski definition) is 2. The Morgan fingerprint density at radius 1 is 1.30 bits per heavy atom. The zero-order valence-electron chi connectivity index (χ0n) is 10.9. The number of halogens is 3. The van der Waals surface area contributed by atoms with Gasteiger partial charge in [-0.3, -0.25) is 0 Å². The fourth-order valence-corrected chi connectivity index (χ4v) is 2.40. The average molecular weight is 359 g/mol. The number of hydrogen-bond donors (Lipinski definition) is 1. The molecule has 0 saturated carbocycles. The van der Waals surface area contributed by atoms with Crippen molar-refractivity contribution in [3.8, 4) is 5.75 Å². The minimum Gasteiger partial charge on any atom is -0.489 e. The summed E-state index contributed by atoms with van der Waals surface area (Å²) in [6.07, 6.45) is 0. The molecule has 2 N–H and O–H groups in total. The van der Waals surface area contributed by atoms with E-state index in [4.69, 9.17) is 22.1 Å². The summed E-state index contributed by atoms with van der Waals surface area (Å²) in [5, 5.41) is 0.351. The quantitative estimate of drug-likeness (QED) is 0.848. The molecule has 1 atom stereocenters. The second-order valence-corrected chi connectivity index (χ2v) is 5.82. The maximum atomic E-state index is 13.0. The molecule has 2 aromatic carbocycles. The second-order valence-electron chi connectivity index (χ2n) is 4.50. The molecule has 5 heteroatoms. The van der Waals surface area contributed by atoms with E-state index in [2.05, 4.69) is 15.9 Å². The van der Waals surface area contributed by atoms with Crippen molar-refractivity contribution in [1.29, 1.82) is 0 Å². The van der Waals surface area contributed by atoms with Gasteiger partial charge in [0.25, 0.3) is 0 Å². The number of rotatable bonds is 4. The summed E-state index contributed by atoms with van der Waals surface area (Å²) in [5.74, 6) is 0.335. The highest BCUT2D eigenvalue weighted by Crippen LogP contribution is 2.29. The third kappa shape index (κ3) is 3.72. The van der Waals surface area contributed by atoms with E-state index in [0.717, 1.165) is 15.6 Å². The van der Waals surface area contributed by atoms with Gasteiger partial charge in [0.2, 0.25) is 0 Å². The molecule has 2 rings (SSSR count). The van der Waals surface area contributed by atoms with Crippen LogP contribution < -0.4 is 10.5 Å². The molecular formula is C15H14BrClFNO. The van der Waals surface area contributed by atoms with Crippen molar-refractivity contribution in [3.63, 3.8) is 0 Å². The highest BCUT2D eigenvalue weighted by molar-refractivity contribution is 9.10. The molecule has 0 spiro atoms. The third-order valence-electron chi connectivity index (χ3n) is 2.86. The summed E-state index contributed by atoms with van der Waals surface area (Å²) >= 11 is 9.38. The molecule has 0 fully saturated rings. The van der Waals surface area contributed by atoms with Crippen LogP contribution in [-0.4, -0.2) is 0 Å². The van der Waals surface area contributed by atoms with E-state index in [-0.39, 0.29) is 18.5 Å². The predicted octanol–water partition coefficient (Wildman–Crippen LogP) is 4.84. The van der Waals surface area contributed by atoms with Crippen LogP contribution in [-0.2, 0) is 6.61 Å². The molecule has 0 aliphatic rings. The van der Waals surface area contributed by atoms with Crippen LogP contribution in [0.2, 0.25) is 5.02 Å². The standard InChI is InChI=1S/C15H14BrClFNO/c1-9(19)13-6-11(16)3-5-15(13)20-8-10-2-4-12(18)7-14(10)17/h2-7,9H,8,19H2,1H3/t9-/m1/s1. The summed E-state index contributed by atoms with van der Waals surface area (Å²) in [6.45, 7) is 2.15. The Labute approximate surface area is 130 Å². The minimum atomic E-state index is -0.362. The largest absolute Gasteiger partial charge is 0.489 e. The molecule has 0 amide bonds. The molecule has 0 radical (unpaired) electrons. The van der Waals surface area contributed by atoms with Crippen molar-refractivity contribution in [1.82, 2.24) is 0 Å². The highest BCUT2D eigenvalue weighted by atomic mass is 79.9. The van der Waals surface area contributed by atoms with Crippen molar-refractivity contribution < 1.29 is 9.13 Å². The number of nitrogens with two attached hydrogens (primary N) is 1. The normalized spacial score (nSPS) is 12.2. The summed E-state index contributed by atoms with van der Waals surface area (Å²) < 4.78 is 19.7. The van der Waals surface area contributed by atoms with Crippen molar-refractivity contribution in [2.75, 3.05) is 0 Å². The Morgan fingerprint density at radius 2 is 2.05 bits per heavy atom. The van der Waals surface area contributed by atoms with Crippen molar-refractivity contribution >= 4 is 27.5 Å². The van der Waals surface area contributed by atoms with E-state index in [0.29, 0.717) is 10.8 Å². The van der Waals surface area contributed by atoms with Gasteiger partial charge in [0, 0.05) is 21.6 Å². The van der Waals surface area contributed by atoms with E-state index in [1.807, 2.05) is 25.1 Å². The van der Waals surface area contributed by atoms with E-state index < -0.39 is 0 Å². The lowest BCUT2D eigenvalue weighted by Crippen LogP contribution is -2.08. The summed E-state index contributed by atoms with van der Waals surface area (Å²) in [4.78, 5) is 0. The Hall–Kier alpha value is -1.10. The minimum absolute atomic E-state index is 0.147. The van der Waals surface area contributed by atoms with E-state index >= 15 is 0 Å². The molecular weight excluding hydrogens is 345 g/mol. The van der Waals surface area contributed by atoms with Gasteiger partial charge in [-0.1, -0.05) is 33.6 Å². The molecule has 2 nitrogen and oxygen atoms in total. The topological polar surface area (TPSA) is 35.2 Å². The van der Waals surface area contributed by atoms with Gasteiger partial charge in [-0.15, -0.1) is 0 Å². The van der Waals surface area contributed by atoms with Crippen molar-refractivity contribution in [2.45, 2.75) is 19.6 Å². The highest BCUT2D eigenvalue weighted by Gasteiger charge is 2.10. The van der Waals surface area contributed by atoms with Crippen molar-refractivity contribution in [2.24, 2.45) is 5.73 Å². The van der Waals surface area contributed by atoms with Gasteiger partial charge in [-0.2, -0.15) is 0 Å². The van der Waals surface area contributed by atoms with Crippen LogP contribution in [0.25, 0.3) is 0 Å². The molecule has 2 aromatic rings. The van der Waals surface area contributed by atoms with E-state index in [1.54, 1.807) is 6.07 Å². The van der Waals surface area contributed by atoms with Gasteiger partial charge in [0.05, 0.1) is 5.02 Å². The Morgan fingerprint density at radius 3 is 2.70 bits per heavy atom. The zero-order chi connectivity index (χ0) is 14.7. The predicted molar refractivity (Wildman–Crippen MR) is 82.5 cm³/mol. The monoisotopic (exact) mass is 357 g/mol. The van der Waals surface area contributed by atoms with Gasteiger partial charge in [-0.05, 0) is 37.3 Å². The first-order valence-corrected chi connectivity index (χ1v) is 7.26. The van der Waals surface area contributed by atoms with Gasteiger partial charge >= 0.3 is 0 Å². The number of ether oxygens (including phenoxy) is 1. The van der Waals surface area contributed by atoms with Gasteiger partial charge in [-0.25, -0.2) is 4.39 Å². The Bertz CT molecular complexity index is 619. The smallest absolute Gasteiger partial charge is 0.124 e. The lowest BCUT2D eigenvalue weighted by Gasteiger charge is -2.15. The molecule has 0 aromatic heterocycles. The maximum Gasteiger partial charge on any atom is 0.124 e. The average Bonchev–Trinajstić information content (AvgIpc) is 2.38. The van der Waals surface area contributed by atoms with Gasteiger partial charge in [0.1, 0.15) is 18.2 Å². The molecule has 106 valence electrons. The first-order valence-electron chi connectivity index (χ1n) is 6.09. The van der Waals surface area contributed by atoms with Crippen LogP contribution in [0.5, 0.6) is 5.75 Å². The molecule has 0 aliphatic heterocycles. The van der Waals surface area contributed by atoms with Crippen LogP contribution >= 0.6 is 27.5 Å². The first-order chi connectivity index (χ1) is 9.47. The van der Waals surface area contributed by atoms with Crippen LogP contribution in [0.15, 0.2) is 40.9 Å². The van der Waals surface area contributed by atoms with Gasteiger partial charge < -0.3 is 10.5 Å². The SMILES string of the molecule is C[C@@H](N)c1cc(Br)ccc1OCc1ccc(F)cc1Cl.